The molecule has 0 aliphatic rings. The Balaban J connectivity index is 2.22. The molecule has 0 N–H and O–H groups in total. The lowest BCUT2D eigenvalue weighted by atomic mass is 10.3. The molecule has 0 heterocycles. The van der Waals surface area contributed by atoms with Crippen molar-refractivity contribution in [3.63, 3.8) is 0 Å². The summed E-state index contributed by atoms with van der Waals surface area (Å²) in [6.07, 6.45) is 0. The first-order valence-electron chi connectivity index (χ1n) is 4.35. The van der Waals surface area contributed by atoms with Crippen molar-refractivity contribution in [3.05, 3.63) is 58.6 Å². The summed E-state index contributed by atoms with van der Waals surface area (Å²) in [5.74, 6) is 1.31. The second kappa shape index (κ2) is 4.56. The third kappa shape index (κ3) is 2.65. The summed E-state index contributed by atoms with van der Waals surface area (Å²) in [5.41, 5.74) is 0. The molecule has 0 atom stereocenters. The van der Waals surface area contributed by atoms with Crippen LogP contribution in [0.1, 0.15) is 0 Å². The molecule has 0 unspecified atom stereocenters. The van der Waals surface area contributed by atoms with E-state index in [0.29, 0.717) is 21.5 Å². The molecular formula is C12H7Cl2O. The molecule has 2 rings (SSSR count). The second-order valence-corrected chi connectivity index (χ2v) is 3.76. The molecule has 0 saturated carbocycles. The first kappa shape index (κ1) is 10.3. The van der Waals surface area contributed by atoms with E-state index in [0.717, 1.165) is 0 Å². The van der Waals surface area contributed by atoms with Crippen molar-refractivity contribution in [1.29, 1.82) is 0 Å². The Bertz CT molecular complexity index is 451. The van der Waals surface area contributed by atoms with Gasteiger partial charge in [-0.05, 0) is 42.5 Å². The lowest BCUT2D eigenvalue weighted by Gasteiger charge is -2.06. The van der Waals surface area contributed by atoms with Gasteiger partial charge in [0, 0.05) is 5.02 Å². The Labute approximate surface area is 98.2 Å². The molecule has 0 aliphatic heterocycles. The van der Waals surface area contributed by atoms with E-state index in [1.165, 1.54) is 0 Å². The van der Waals surface area contributed by atoms with Gasteiger partial charge in [0.05, 0.1) is 5.02 Å². The predicted octanol–water partition coefficient (Wildman–Crippen LogP) is 4.59. The van der Waals surface area contributed by atoms with E-state index >= 15 is 0 Å². The lowest BCUT2D eigenvalue weighted by Crippen LogP contribution is -1.84. The van der Waals surface area contributed by atoms with E-state index in [1.54, 1.807) is 42.5 Å². The minimum Gasteiger partial charge on any atom is -0.456 e. The van der Waals surface area contributed by atoms with Gasteiger partial charge >= 0.3 is 0 Å². The summed E-state index contributed by atoms with van der Waals surface area (Å²) in [6, 6.07) is 15.1. The van der Waals surface area contributed by atoms with Crippen LogP contribution in [0.15, 0.2) is 42.5 Å². The maximum Gasteiger partial charge on any atom is 0.146 e. The Morgan fingerprint density at radius 3 is 2.40 bits per heavy atom. The Morgan fingerprint density at radius 1 is 1.00 bits per heavy atom. The molecule has 15 heavy (non-hydrogen) atoms. The van der Waals surface area contributed by atoms with Crippen LogP contribution >= 0.6 is 23.2 Å². The third-order valence-electron chi connectivity index (χ3n) is 1.82. The maximum atomic E-state index is 5.92. The molecule has 75 valence electrons. The fourth-order valence-electron chi connectivity index (χ4n) is 1.11. The van der Waals surface area contributed by atoms with Crippen molar-refractivity contribution >= 4 is 23.2 Å². The van der Waals surface area contributed by atoms with E-state index in [9.17, 15) is 0 Å². The summed E-state index contributed by atoms with van der Waals surface area (Å²) in [5, 5.41) is 1.21. The summed E-state index contributed by atoms with van der Waals surface area (Å²) >= 11 is 11.7. The highest BCUT2D eigenvalue weighted by atomic mass is 35.5. The zero-order valence-corrected chi connectivity index (χ0v) is 9.22. The van der Waals surface area contributed by atoms with Crippen LogP contribution in [-0.4, -0.2) is 0 Å². The fraction of sp³-hybridized carbons (Fsp3) is 0. The number of hydrogen-bond donors (Lipinski definition) is 0. The van der Waals surface area contributed by atoms with E-state index in [4.69, 9.17) is 27.9 Å². The molecule has 0 spiro atoms. The maximum absolute atomic E-state index is 5.92. The van der Waals surface area contributed by atoms with Crippen LogP contribution in [0.3, 0.4) is 0 Å². The number of halogens is 2. The highest BCUT2D eigenvalue weighted by molar-refractivity contribution is 6.32. The van der Waals surface area contributed by atoms with Crippen LogP contribution in [-0.2, 0) is 0 Å². The van der Waals surface area contributed by atoms with Crippen molar-refractivity contribution in [2.24, 2.45) is 0 Å². The number of rotatable bonds is 2. The first-order valence-corrected chi connectivity index (χ1v) is 5.10. The average molecular weight is 238 g/mol. The molecule has 0 fully saturated rings. The monoisotopic (exact) mass is 237 g/mol. The smallest absolute Gasteiger partial charge is 0.146 e. The van der Waals surface area contributed by atoms with Gasteiger partial charge in [0.15, 0.2) is 0 Å². The Kier molecular flexibility index (Phi) is 3.14. The van der Waals surface area contributed by atoms with Gasteiger partial charge in [0.25, 0.3) is 0 Å². The van der Waals surface area contributed by atoms with Gasteiger partial charge in [-0.3, -0.25) is 0 Å². The fourth-order valence-corrected chi connectivity index (χ4v) is 1.40. The van der Waals surface area contributed by atoms with E-state index in [1.807, 2.05) is 0 Å². The molecule has 0 saturated heterocycles. The molecule has 0 aromatic heterocycles. The van der Waals surface area contributed by atoms with Crippen LogP contribution in [0.4, 0.5) is 0 Å². The molecule has 1 radical (unpaired) electrons. The normalized spacial score (nSPS) is 10.0. The second-order valence-electron chi connectivity index (χ2n) is 2.91. The minimum atomic E-state index is 0.535. The Morgan fingerprint density at radius 2 is 1.73 bits per heavy atom. The van der Waals surface area contributed by atoms with Gasteiger partial charge < -0.3 is 4.74 Å². The molecule has 2 aromatic rings. The summed E-state index contributed by atoms with van der Waals surface area (Å²) < 4.78 is 5.55. The number of ether oxygens (including phenoxy) is 1. The van der Waals surface area contributed by atoms with Crippen LogP contribution in [0.2, 0.25) is 10.0 Å². The summed E-state index contributed by atoms with van der Waals surface area (Å²) in [4.78, 5) is 0. The highest BCUT2D eigenvalue weighted by Crippen LogP contribution is 2.28. The van der Waals surface area contributed by atoms with E-state index in [-0.39, 0.29) is 0 Å². The van der Waals surface area contributed by atoms with Gasteiger partial charge in [-0.25, -0.2) is 0 Å². The molecule has 0 aliphatic carbocycles. The largest absolute Gasteiger partial charge is 0.456 e. The molecule has 2 aromatic carbocycles. The van der Waals surface area contributed by atoms with Crippen molar-refractivity contribution in [2.75, 3.05) is 0 Å². The van der Waals surface area contributed by atoms with Crippen LogP contribution in [0, 0.1) is 6.07 Å². The van der Waals surface area contributed by atoms with Crippen molar-refractivity contribution in [1.82, 2.24) is 0 Å². The zero-order valence-electron chi connectivity index (χ0n) is 7.71. The molecule has 3 heteroatoms. The van der Waals surface area contributed by atoms with Crippen molar-refractivity contribution < 1.29 is 4.74 Å². The van der Waals surface area contributed by atoms with Crippen LogP contribution < -0.4 is 4.74 Å². The van der Waals surface area contributed by atoms with Gasteiger partial charge in [0.2, 0.25) is 0 Å². The highest BCUT2D eigenvalue weighted by Gasteiger charge is 2.01. The zero-order chi connectivity index (χ0) is 10.7. The molecular weight excluding hydrogens is 231 g/mol. The molecule has 0 amide bonds. The number of benzene rings is 2. The van der Waals surface area contributed by atoms with Crippen molar-refractivity contribution in [2.45, 2.75) is 0 Å². The average Bonchev–Trinajstić information content (AvgIpc) is 2.25. The van der Waals surface area contributed by atoms with Gasteiger partial charge in [-0.15, -0.1) is 0 Å². The summed E-state index contributed by atoms with van der Waals surface area (Å²) in [6.45, 7) is 0. The van der Waals surface area contributed by atoms with Crippen LogP contribution in [0.25, 0.3) is 0 Å². The van der Waals surface area contributed by atoms with Gasteiger partial charge in [-0.2, -0.15) is 0 Å². The van der Waals surface area contributed by atoms with Crippen molar-refractivity contribution in [3.8, 4) is 11.5 Å². The van der Waals surface area contributed by atoms with Gasteiger partial charge in [0.1, 0.15) is 11.5 Å². The quantitative estimate of drug-likeness (QED) is 0.743. The Hall–Kier alpha value is -1.18. The van der Waals surface area contributed by atoms with E-state index in [2.05, 4.69) is 6.07 Å². The summed E-state index contributed by atoms with van der Waals surface area (Å²) in [7, 11) is 0. The minimum absolute atomic E-state index is 0.535. The SMILES string of the molecule is Clc1ccc(Oc2cc[c]cc2Cl)cc1. The number of hydrogen-bond acceptors (Lipinski definition) is 1. The topological polar surface area (TPSA) is 9.23 Å². The third-order valence-corrected chi connectivity index (χ3v) is 2.37. The standard InChI is InChI=1S/C12H7Cl2O/c13-9-5-7-10(8-6-9)15-12-4-2-1-3-11(12)14/h2-8H. The first-order chi connectivity index (χ1) is 7.25. The van der Waals surface area contributed by atoms with Crippen LogP contribution in [0.5, 0.6) is 11.5 Å². The molecule has 1 nitrogen and oxygen atoms in total. The lowest BCUT2D eigenvalue weighted by molar-refractivity contribution is 0.483. The predicted molar refractivity (Wildman–Crippen MR) is 61.8 cm³/mol. The molecule has 0 bridgehead atoms. The van der Waals surface area contributed by atoms with E-state index < -0.39 is 0 Å². The van der Waals surface area contributed by atoms with Gasteiger partial charge in [-0.1, -0.05) is 29.3 Å².